The molecule has 7 amide bonds. The molecule has 16 heteroatoms. The van der Waals surface area contributed by atoms with Crippen molar-refractivity contribution in [2.75, 3.05) is 44.0 Å². The number of hydrazine groups is 1. The van der Waals surface area contributed by atoms with Crippen LogP contribution in [-0.2, 0) is 20.8 Å². The second kappa shape index (κ2) is 22.9. The Morgan fingerprint density at radius 1 is 0.804 bits per heavy atom. The lowest BCUT2D eigenvalue weighted by molar-refractivity contribution is -0.130. The van der Waals surface area contributed by atoms with Crippen molar-refractivity contribution in [3.05, 3.63) is 90.0 Å². The summed E-state index contributed by atoms with van der Waals surface area (Å²) in [6.45, 7) is 7.43. The molecule has 16 nitrogen and oxygen atoms in total. The van der Waals surface area contributed by atoms with E-state index in [1.807, 2.05) is 44.2 Å². The molecule has 6 N–H and O–H groups in total. The largest absolute Gasteiger partial charge is 0.496 e. The van der Waals surface area contributed by atoms with E-state index in [9.17, 15) is 29.2 Å². The van der Waals surface area contributed by atoms with E-state index in [1.165, 1.54) is 36.1 Å². The van der Waals surface area contributed by atoms with Crippen LogP contribution >= 0.6 is 0 Å². The van der Waals surface area contributed by atoms with Gasteiger partial charge < -0.3 is 30.9 Å². The van der Waals surface area contributed by atoms with Gasteiger partial charge in [-0.1, -0.05) is 62.4 Å². The van der Waals surface area contributed by atoms with Crippen molar-refractivity contribution < 1.29 is 33.5 Å². The fraction of sp³-hybridized carbons (Fsp3) is 0.400. The van der Waals surface area contributed by atoms with Gasteiger partial charge >= 0.3 is 12.1 Å². The minimum Gasteiger partial charge on any atom is -0.496 e. The second-order valence-corrected chi connectivity index (χ2v) is 13.4. The predicted octanol–water partition coefficient (Wildman–Crippen LogP) is 4.12. The number of nitriles is 1. The van der Waals surface area contributed by atoms with E-state index >= 15 is 0 Å². The molecule has 0 aliphatic carbocycles. The molecule has 0 bridgehead atoms. The lowest BCUT2D eigenvalue weighted by Crippen LogP contribution is -2.57. The van der Waals surface area contributed by atoms with Crippen LogP contribution in [0.3, 0.4) is 0 Å². The van der Waals surface area contributed by atoms with Crippen molar-refractivity contribution in [3.8, 4) is 11.8 Å². The first kappa shape index (κ1) is 44.2. The van der Waals surface area contributed by atoms with Crippen LogP contribution in [0.25, 0.3) is 0 Å². The van der Waals surface area contributed by atoms with Crippen LogP contribution in [0.1, 0.15) is 56.5 Å². The third-order valence-electron chi connectivity index (χ3n) is 8.33. The number of methoxy groups -OCH3 is 1. The molecule has 0 heterocycles. The Morgan fingerprint density at radius 2 is 1.48 bits per heavy atom. The maximum absolute atomic E-state index is 14.2. The summed E-state index contributed by atoms with van der Waals surface area (Å²) >= 11 is 0. The number of ether oxygens (including phenoxy) is 1. The van der Waals surface area contributed by atoms with Crippen molar-refractivity contribution >= 4 is 41.2 Å². The molecular formula is C40H53N9O7. The van der Waals surface area contributed by atoms with Gasteiger partial charge in [-0.3, -0.25) is 29.5 Å². The van der Waals surface area contributed by atoms with E-state index in [0.717, 1.165) is 5.56 Å². The number of benzene rings is 3. The van der Waals surface area contributed by atoms with E-state index in [2.05, 4.69) is 38.4 Å². The van der Waals surface area contributed by atoms with Crippen LogP contribution < -0.4 is 41.9 Å². The van der Waals surface area contributed by atoms with E-state index in [-0.39, 0.29) is 67.4 Å². The topological polar surface area (TPSA) is 206 Å². The molecule has 0 fully saturated rings. The first-order chi connectivity index (χ1) is 26.9. The Kier molecular flexibility index (Phi) is 18.1. The molecule has 2 atom stereocenters. The summed E-state index contributed by atoms with van der Waals surface area (Å²) < 4.78 is 5.33. The number of carbonyl (C=O) groups is 5. The number of para-hydroxylation sites is 1. The second-order valence-electron chi connectivity index (χ2n) is 13.4. The van der Waals surface area contributed by atoms with Gasteiger partial charge in [-0.05, 0) is 62.1 Å². The molecule has 0 aliphatic rings. The zero-order valence-electron chi connectivity index (χ0n) is 32.8. The quantitative estimate of drug-likeness (QED) is 0.0913. The number of carbonyl (C=O) groups excluding carboxylic acids is 5. The predicted molar refractivity (Wildman–Crippen MR) is 212 cm³/mol. The highest BCUT2D eigenvalue weighted by atomic mass is 16.7. The van der Waals surface area contributed by atoms with Crippen molar-refractivity contribution in [2.24, 2.45) is 5.92 Å². The maximum atomic E-state index is 14.2. The highest BCUT2D eigenvalue weighted by molar-refractivity contribution is 5.99. The fourth-order valence-electron chi connectivity index (χ4n) is 5.54. The molecule has 300 valence electrons. The van der Waals surface area contributed by atoms with Crippen LogP contribution in [0.15, 0.2) is 78.9 Å². The third kappa shape index (κ3) is 14.2. The van der Waals surface area contributed by atoms with Crippen LogP contribution in [0.5, 0.6) is 5.75 Å². The highest BCUT2D eigenvalue weighted by Gasteiger charge is 2.29. The maximum Gasteiger partial charge on any atom is 0.322 e. The molecule has 3 rings (SSSR count). The number of nitrogens with one attached hydrogen (secondary N) is 6. The molecule has 3 aromatic rings. The Balaban J connectivity index is 1.86. The summed E-state index contributed by atoms with van der Waals surface area (Å²) in [5.41, 5.74) is 6.46. The van der Waals surface area contributed by atoms with Gasteiger partial charge in [0.15, 0.2) is 0 Å². The van der Waals surface area contributed by atoms with Gasteiger partial charge in [-0.2, -0.15) is 5.26 Å². The number of amides is 7. The molecule has 0 saturated carbocycles. The number of rotatable bonds is 20. The molecule has 56 heavy (non-hydrogen) atoms. The Morgan fingerprint density at radius 3 is 2.09 bits per heavy atom. The van der Waals surface area contributed by atoms with Crippen LogP contribution in [0.4, 0.5) is 21.0 Å². The van der Waals surface area contributed by atoms with Gasteiger partial charge in [-0.25, -0.2) is 9.59 Å². The average Bonchev–Trinajstić information content (AvgIpc) is 3.18. The average molecular weight is 772 g/mol. The molecule has 0 aromatic heterocycles. The van der Waals surface area contributed by atoms with Gasteiger partial charge in [0, 0.05) is 44.5 Å². The number of hydrogen-bond donors (Lipinski definition) is 6. The Labute approximate surface area is 328 Å². The van der Waals surface area contributed by atoms with Crippen molar-refractivity contribution in [2.45, 2.75) is 65.1 Å². The first-order valence-electron chi connectivity index (χ1n) is 18.4. The van der Waals surface area contributed by atoms with Gasteiger partial charge in [0.05, 0.1) is 31.3 Å². The van der Waals surface area contributed by atoms with Crippen LogP contribution in [-0.4, -0.2) is 86.7 Å². The van der Waals surface area contributed by atoms with E-state index in [0.29, 0.717) is 12.1 Å². The smallest absolute Gasteiger partial charge is 0.322 e. The molecular weight excluding hydrogens is 718 g/mol. The molecule has 0 aliphatic heterocycles. The van der Waals surface area contributed by atoms with E-state index in [4.69, 9.17) is 9.57 Å². The van der Waals surface area contributed by atoms with E-state index < -0.39 is 36.0 Å². The van der Waals surface area contributed by atoms with Gasteiger partial charge in [0.2, 0.25) is 11.8 Å². The van der Waals surface area contributed by atoms with Crippen LogP contribution in [0, 0.1) is 17.2 Å². The summed E-state index contributed by atoms with van der Waals surface area (Å²) in [7, 11) is 2.91. The summed E-state index contributed by atoms with van der Waals surface area (Å²) in [6, 6.07) is 21.4. The fourth-order valence-corrected chi connectivity index (χ4v) is 5.54. The number of hydrogen-bond acceptors (Lipinski definition) is 9. The minimum absolute atomic E-state index is 0.00491. The Bertz CT molecular complexity index is 1790. The summed E-state index contributed by atoms with van der Waals surface area (Å²) in [5.74, 6) is -1.10. The lowest BCUT2D eigenvalue weighted by Gasteiger charge is -2.30. The molecule has 0 unspecified atom stereocenters. The summed E-state index contributed by atoms with van der Waals surface area (Å²) in [4.78, 5) is 75.2. The van der Waals surface area contributed by atoms with Crippen LogP contribution in [0.2, 0.25) is 0 Å². The molecule has 3 aromatic carbocycles. The van der Waals surface area contributed by atoms with Gasteiger partial charge in [0.1, 0.15) is 17.8 Å². The number of nitrogens with zero attached hydrogens (tertiary/aromatic N) is 3. The lowest BCUT2D eigenvalue weighted by atomic mass is 10.0. The SMILES string of the molecule is CNC(=O)[C@H](CC(C)C)NC(=O)[C@H](Cc1ccccc1)NC(=O)N(CCN(CCC#N)C(=O)Nc1ccc(OC)c(C(=O)NNOC(C)C)c1)c1ccccc1. The standard InChI is InChI=1S/C40H53N9O7/c1-27(2)24-33(37(51)42-5)44-38(52)34(25-29-14-9-7-10-15-29)45-40(54)49(31-16-11-8-12-17-31)23-22-48(21-13-20-41)39(53)43-30-18-19-35(55-6)32(26-30)36(50)46-47-56-28(3)4/h7-12,14-19,26-28,33-34,47H,13,21-25H2,1-6H3,(H,42,51)(H,43,53)(H,44,52)(H,45,54)(H,46,50)/t33-,34-/m0/s1. The van der Waals surface area contributed by atoms with E-state index in [1.54, 1.807) is 50.2 Å². The normalized spacial score (nSPS) is 11.8. The minimum atomic E-state index is -1.07. The molecule has 0 saturated heterocycles. The van der Waals surface area contributed by atoms with Gasteiger partial charge in [0.25, 0.3) is 5.91 Å². The van der Waals surface area contributed by atoms with Gasteiger partial charge in [-0.15, -0.1) is 5.59 Å². The number of urea groups is 2. The number of likely N-dealkylation sites (N-methyl/N-ethyl adjacent to an activating group) is 1. The summed E-state index contributed by atoms with van der Waals surface area (Å²) in [5, 5.41) is 20.5. The highest BCUT2D eigenvalue weighted by Crippen LogP contribution is 2.23. The van der Waals surface area contributed by atoms with Crippen molar-refractivity contribution in [1.29, 1.82) is 5.26 Å². The molecule has 0 radical (unpaired) electrons. The Hall–Kier alpha value is -6.18. The third-order valence-corrected chi connectivity index (χ3v) is 8.33. The summed E-state index contributed by atoms with van der Waals surface area (Å²) in [6.07, 6.45) is 0.334. The monoisotopic (exact) mass is 771 g/mol. The zero-order valence-corrected chi connectivity index (χ0v) is 32.8. The number of anilines is 2. The van der Waals surface area contributed by atoms with Crippen molar-refractivity contribution in [3.63, 3.8) is 0 Å². The van der Waals surface area contributed by atoms with Crippen molar-refractivity contribution in [1.82, 2.24) is 31.9 Å². The molecule has 0 spiro atoms. The zero-order chi connectivity index (χ0) is 41.0. The first-order valence-corrected chi connectivity index (χ1v) is 18.4.